The van der Waals surface area contributed by atoms with Gasteiger partial charge >= 0.3 is 5.97 Å². The van der Waals surface area contributed by atoms with Gasteiger partial charge in [-0.05, 0) is 48.4 Å². The van der Waals surface area contributed by atoms with E-state index in [-0.39, 0.29) is 17.7 Å². The average Bonchev–Trinajstić information content (AvgIpc) is 3.32. The number of Topliss-reactive ketones (excluding diaryl/α,β-unsaturated/α-hetero) is 1. The summed E-state index contributed by atoms with van der Waals surface area (Å²) in [4.78, 5) is 26.3. The Bertz CT molecular complexity index is 1110. The summed E-state index contributed by atoms with van der Waals surface area (Å²) < 4.78 is 11.2. The van der Waals surface area contributed by atoms with Crippen LogP contribution in [0.3, 0.4) is 0 Å². The number of fused-ring (bicyclic) bond motifs is 1. The van der Waals surface area contributed by atoms with Crippen LogP contribution in [-0.4, -0.2) is 18.4 Å². The second-order valence-corrected chi connectivity index (χ2v) is 8.29. The van der Waals surface area contributed by atoms with Crippen LogP contribution in [0.25, 0.3) is 17.4 Å². The Morgan fingerprint density at radius 2 is 1.93 bits per heavy atom. The fraction of sp³-hybridized carbons (Fsp3) is 0.167. The fourth-order valence-electron chi connectivity index (χ4n) is 2.98. The molecule has 2 aromatic carbocycles. The molecule has 0 saturated carbocycles. The van der Waals surface area contributed by atoms with Crippen LogP contribution < -0.4 is 0 Å². The Morgan fingerprint density at radius 1 is 1.10 bits per heavy atom. The van der Waals surface area contributed by atoms with E-state index in [1.54, 1.807) is 24.3 Å². The van der Waals surface area contributed by atoms with Crippen molar-refractivity contribution in [2.45, 2.75) is 18.7 Å². The predicted octanol–water partition coefficient (Wildman–Crippen LogP) is 6.09. The zero-order valence-corrected chi connectivity index (χ0v) is 17.0. The van der Waals surface area contributed by atoms with E-state index in [0.717, 1.165) is 16.0 Å². The van der Waals surface area contributed by atoms with Crippen molar-refractivity contribution < 1.29 is 18.7 Å². The zero-order chi connectivity index (χ0) is 20.4. The second-order valence-electron chi connectivity index (χ2n) is 7.21. The number of carbonyl (C=O) groups is 2. The summed E-state index contributed by atoms with van der Waals surface area (Å²) in [6.45, 7) is 4.37. The number of allylic oxidation sites excluding steroid dienone is 1. The highest BCUT2D eigenvalue weighted by atomic mass is 32.2. The second kappa shape index (κ2) is 8.13. The summed E-state index contributed by atoms with van der Waals surface area (Å²) in [6, 6.07) is 18.4. The third-order valence-electron chi connectivity index (χ3n) is 4.41. The Balaban J connectivity index is 1.54. The van der Waals surface area contributed by atoms with Crippen LogP contribution in [0.15, 0.2) is 74.9 Å². The van der Waals surface area contributed by atoms with Crippen LogP contribution in [-0.2, 0) is 4.74 Å². The molecule has 1 aromatic heterocycles. The predicted molar refractivity (Wildman–Crippen MR) is 114 cm³/mol. The molecule has 3 aromatic rings. The van der Waals surface area contributed by atoms with Gasteiger partial charge in [-0.3, -0.25) is 4.79 Å². The lowest BCUT2D eigenvalue weighted by molar-refractivity contribution is 0.0459. The standard InChI is InChI=1S/C24H20O4S/c1-15(2)14-27-24(26)17-7-5-6-16(12-17)20-11-10-18(28-20)13-22-23(25)19-8-3-4-9-21(19)29-22/h3-13,15H,14H2,1-2H3/b22-13-. The monoisotopic (exact) mass is 404 g/mol. The lowest BCUT2D eigenvalue weighted by Crippen LogP contribution is -2.10. The van der Waals surface area contributed by atoms with Crippen LogP contribution in [0, 0.1) is 5.92 Å². The molecule has 0 saturated heterocycles. The maximum Gasteiger partial charge on any atom is 0.338 e. The quantitative estimate of drug-likeness (QED) is 0.380. The van der Waals surface area contributed by atoms with Gasteiger partial charge in [-0.1, -0.05) is 49.9 Å². The molecule has 146 valence electrons. The first kappa shape index (κ1) is 19.3. The van der Waals surface area contributed by atoms with Crippen LogP contribution >= 0.6 is 11.8 Å². The molecule has 0 radical (unpaired) electrons. The number of furan rings is 1. The van der Waals surface area contributed by atoms with Crippen molar-refractivity contribution >= 4 is 29.6 Å². The molecular formula is C24H20O4S. The van der Waals surface area contributed by atoms with Gasteiger partial charge in [-0.2, -0.15) is 0 Å². The molecule has 0 spiro atoms. The molecule has 0 fully saturated rings. The third-order valence-corrected chi connectivity index (χ3v) is 5.51. The number of hydrogen-bond acceptors (Lipinski definition) is 5. The summed E-state index contributed by atoms with van der Waals surface area (Å²) in [5.41, 5.74) is 1.99. The van der Waals surface area contributed by atoms with Gasteiger partial charge in [0, 0.05) is 16.0 Å². The number of ether oxygens (including phenoxy) is 1. The van der Waals surface area contributed by atoms with E-state index in [1.165, 1.54) is 11.8 Å². The van der Waals surface area contributed by atoms with E-state index >= 15 is 0 Å². The number of carbonyl (C=O) groups excluding carboxylic acids is 2. The SMILES string of the molecule is CC(C)COC(=O)c1cccc(-c2ccc(/C=C3\Sc4ccccc4C3=O)o2)c1. The first-order valence-corrected chi connectivity index (χ1v) is 10.2. The van der Waals surface area contributed by atoms with E-state index in [9.17, 15) is 9.59 Å². The van der Waals surface area contributed by atoms with Gasteiger partial charge in [-0.15, -0.1) is 0 Å². The van der Waals surface area contributed by atoms with Crippen molar-refractivity contribution in [1.29, 1.82) is 0 Å². The lowest BCUT2D eigenvalue weighted by Gasteiger charge is -2.07. The molecule has 4 rings (SSSR count). The van der Waals surface area contributed by atoms with Crippen molar-refractivity contribution in [1.82, 2.24) is 0 Å². The number of benzene rings is 2. The molecule has 0 bridgehead atoms. The summed E-state index contributed by atoms with van der Waals surface area (Å²) in [6.07, 6.45) is 1.76. The minimum absolute atomic E-state index is 0.0124. The molecule has 29 heavy (non-hydrogen) atoms. The van der Waals surface area contributed by atoms with Crippen molar-refractivity contribution in [2.24, 2.45) is 5.92 Å². The van der Waals surface area contributed by atoms with E-state index < -0.39 is 0 Å². The normalized spacial score (nSPS) is 14.4. The van der Waals surface area contributed by atoms with Gasteiger partial charge in [0.1, 0.15) is 11.5 Å². The third kappa shape index (κ3) is 4.20. The Labute approximate surface area is 173 Å². The first-order chi connectivity index (χ1) is 14.0. The van der Waals surface area contributed by atoms with Crippen LogP contribution in [0.4, 0.5) is 0 Å². The maximum atomic E-state index is 12.5. The largest absolute Gasteiger partial charge is 0.462 e. The Kier molecular flexibility index (Phi) is 5.41. The van der Waals surface area contributed by atoms with Crippen molar-refractivity contribution in [3.63, 3.8) is 0 Å². The Hall–Kier alpha value is -3.05. The van der Waals surface area contributed by atoms with Crippen molar-refractivity contribution in [3.05, 3.63) is 82.5 Å². The minimum Gasteiger partial charge on any atom is -0.462 e. The smallest absolute Gasteiger partial charge is 0.338 e. The molecule has 2 heterocycles. The molecular weight excluding hydrogens is 384 g/mol. The highest BCUT2D eigenvalue weighted by Crippen LogP contribution is 2.40. The number of ketones is 1. The van der Waals surface area contributed by atoms with Gasteiger partial charge in [-0.25, -0.2) is 4.79 Å². The van der Waals surface area contributed by atoms with Gasteiger partial charge < -0.3 is 9.15 Å². The van der Waals surface area contributed by atoms with E-state index in [0.29, 0.717) is 28.6 Å². The van der Waals surface area contributed by atoms with Crippen molar-refractivity contribution in [3.8, 4) is 11.3 Å². The lowest BCUT2D eigenvalue weighted by atomic mass is 10.1. The average molecular weight is 404 g/mol. The summed E-state index contributed by atoms with van der Waals surface area (Å²) >= 11 is 1.45. The molecule has 0 N–H and O–H groups in total. The van der Waals surface area contributed by atoms with Gasteiger partial charge in [0.2, 0.25) is 5.78 Å². The highest BCUT2D eigenvalue weighted by molar-refractivity contribution is 8.04. The van der Waals surface area contributed by atoms with E-state index in [1.807, 2.05) is 56.3 Å². The fourth-order valence-corrected chi connectivity index (χ4v) is 4.01. The van der Waals surface area contributed by atoms with Gasteiger partial charge in [0.15, 0.2) is 0 Å². The molecule has 1 aliphatic rings. The Morgan fingerprint density at radius 3 is 2.72 bits per heavy atom. The minimum atomic E-state index is -0.347. The topological polar surface area (TPSA) is 56.5 Å². The summed E-state index contributed by atoms with van der Waals surface area (Å²) in [7, 11) is 0. The summed E-state index contributed by atoms with van der Waals surface area (Å²) in [5.74, 6) is 1.17. The first-order valence-electron chi connectivity index (χ1n) is 9.42. The number of hydrogen-bond donors (Lipinski definition) is 0. The van der Waals surface area contributed by atoms with Crippen LogP contribution in [0.1, 0.15) is 40.3 Å². The number of esters is 1. The van der Waals surface area contributed by atoms with E-state index in [4.69, 9.17) is 9.15 Å². The van der Waals surface area contributed by atoms with Crippen LogP contribution in [0.5, 0.6) is 0 Å². The summed E-state index contributed by atoms with van der Waals surface area (Å²) in [5, 5.41) is 0. The van der Waals surface area contributed by atoms with Crippen LogP contribution in [0.2, 0.25) is 0 Å². The molecule has 4 nitrogen and oxygen atoms in total. The molecule has 0 aliphatic carbocycles. The molecule has 1 aliphatic heterocycles. The molecule has 0 amide bonds. The maximum absolute atomic E-state index is 12.5. The van der Waals surface area contributed by atoms with Gasteiger partial charge in [0.25, 0.3) is 0 Å². The number of rotatable bonds is 5. The zero-order valence-electron chi connectivity index (χ0n) is 16.2. The molecule has 0 unspecified atom stereocenters. The molecule has 5 heteroatoms. The molecule has 0 atom stereocenters. The van der Waals surface area contributed by atoms with E-state index in [2.05, 4.69) is 0 Å². The number of thioether (sulfide) groups is 1. The van der Waals surface area contributed by atoms with Crippen molar-refractivity contribution in [2.75, 3.05) is 6.61 Å². The van der Waals surface area contributed by atoms with Gasteiger partial charge in [0.05, 0.1) is 17.1 Å². The highest BCUT2D eigenvalue weighted by Gasteiger charge is 2.25.